The van der Waals surface area contributed by atoms with E-state index in [1.807, 2.05) is 19.1 Å². The molecule has 0 amide bonds. The number of nitrogens with zero attached hydrogens (tertiary/aromatic N) is 1. The van der Waals surface area contributed by atoms with Crippen molar-refractivity contribution in [2.24, 2.45) is 0 Å². The molecule has 0 N–H and O–H groups in total. The van der Waals surface area contributed by atoms with Crippen LogP contribution in [0.3, 0.4) is 0 Å². The molecule has 0 saturated carbocycles. The van der Waals surface area contributed by atoms with Gasteiger partial charge in [-0.25, -0.2) is 4.79 Å². The lowest BCUT2D eigenvalue weighted by Gasteiger charge is -2.15. The van der Waals surface area contributed by atoms with Crippen molar-refractivity contribution in [3.63, 3.8) is 0 Å². The van der Waals surface area contributed by atoms with Gasteiger partial charge in [0.25, 0.3) is 0 Å². The van der Waals surface area contributed by atoms with Crippen LogP contribution in [-0.2, 0) is 9.53 Å². The molecule has 0 unspecified atom stereocenters. The van der Waals surface area contributed by atoms with Crippen LogP contribution in [0.15, 0.2) is 60.7 Å². The zero-order valence-corrected chi connectivity index (χ0v) is 16.9. The fourth-order valence-corrected chi connectivity index (χ4v) is 3.45. The summed E-state index contributed by atoms with van der Waals surface area (Å²) in [6.45, 7) is 7.67. The van der Waals surface area contributed by atoms with E-state index in [4.69, 9.17) is 4.74 Å². The molecule has 3 heteroatoms. The topological polar surface area (TPSA) is 29.5 Å². The second kappa shape index (κ2) is 10.0. The van der Waals surface area contributed by atoms with Gasteiger partial charge in [-0.1, -0.05) is 60.2 Å². The van der Waals surface area contributed by atoms with Gasteiger partial charge in [0.15, 0.2) is 0 Å². The molecule has 3 rings (SSSR count). The highest BCUT2D eigenvalue weighted by Crippen LogP contribution is 2.25. The maximum absolute atomic E-state index is 11.5. The zero-order chi connectivity index (χ0) is 19.8. The predicted molar refractivity (Wildman–Crippen MR) is 116 cm³/mol. The van der Waals surface area contributed by atoms with Gasteiger partial charge in [0.2, 0.25) is 0 Å². The summed E-state index contributed by atoms with van der Waals surface area (Å²) in [4.78, 5) is 14.0. The highest BCUT2D eigenvalue weighted by Gasteiger charge is 2.11. The molecular weight excluding hydrogens is 346 g/mol. The molecule has 1 saturated heterocycles. The fraction of sp³-hybridized carbons (Fsp3) is 0.320. The monoisotopic (exact) mass is 375 g/mol. The number of hydrogen-bond acceptors (Lipinski definition) is 3. The second-order valence-electron chi connectivity index (χ2n) is 7.20. The maximum Gasteiger partial charge on any atom is 0.330 e. The van der Waals surface area contributed by atoms with E-state index in [-0.39, 0.29) is 5.97 Å². The Balaban J connectivity index is 1.81. The second-order valence-corrected chi connectivity index (χ2v) is 7.20. The van der Waals surface area contributed by atoms with Crippen LogP contribution in [0, 0.1) is 6.92 Å². The Hall–Kier alpha value is -2.65. The summed E-state index contributed by atoms with van der Waals surface area (Å²) in [6.07, 6.45) is 8.22. The Morgan fingerprint density at radius 2 is 1.61 bits per heavy atom. The normalized spacial score (nSPS) is 15.3. The molecule has 2 aromatic rings. The average Bonchev–Trinajstić information content (AvgIpc) is 3.22. The van der Waals surface area contributed by atoms with E-state index in [0.717, 1.165) is 12.1 Å². The molecule has 0 spiro atoms. The summed E-state index contributed by atoms with van der Waals surface area (Å²) in [7, 11) is 0. The first-order valence-corrected chi connectivity index (χ1v) is 10.1. The SMILES string of the molecule is CCOC(=O)C=Cc1ccc(C(=CCN2CCCC2)c2ccc(C)cc2)cc1. The minimum absolute atomic E-state index is 0.308. The lowest BCUT2D eigenvalue weighted by atomic mass is 9.95. The van der Waals surface area contributed by atoms with Crippen LogP contribution in [0.5, 0.6) is 0 Å². The minimum Gasteiger partial charge on any atom is -0.463 e. The van der Waals surface area contributed by atoms with Gasteiger partial charge in [-0.05, 0) is 68.1 Å². The molecule has 1 aliphatic rings. The molecule has 0 radical (unpaired) electrons. The third-order valence-electron chi connectivity index (χ3n) is 5.04. The van der Waals surface area contributed by atoms with Crippen LogP contribution in [-0.4, -0.2) is 37.1 Å². The lowest BCUT2D eigenvalue weighted by Crippen LogP contribution is -2.19. The summed E-state index contributed by atoms with van der Waals surface area (Å²) in [6, 6.07) is 17.1. The van der Waals surface area contributed by atoms with Crippen LogP contribution in [0.2, 0.25) is 0 Å². The van der Waals surface area contributed by atoms with Crippen LogP contribution in [0.4, 0.5) is 0 Å². The van der Waals surface area contributed by atoms with Crippen LogP contribution in [0.1, 0.15) is 42.0 Å². The third kappa shape index (κ3) is 5.67. The summed E-state index contributed by atoms with van der Waals surface area (Å²) in [5, 5.41) is 0. The summed E-state index contributed by atoms with van der Waals surface area (Å²) in [5.41, 5.74) is 5.94. The zero-order valence-electron chi connectivity index (χ0n) is 16.9. The van der Waals surface area contributed by atoms with Crippen molar-refractivity contribution < 1.29 is 9.53 Å². The van der Waals surface area contributed by atoms with Gasteiger partial charge in [0.05, 0.1) is 6.61 Å². The van der Waals surface area contributed by atoms with E-state index in [0.29, 0.717) is 6.61 Å². The van der Waals surface area contributed by atoms with Gasteiger partial charge in [-0.3, -0.25) is 4.90 Å². The van der Waals surface area contributed by atoms with Gasteiger partial charge in [-0.2, -0.15) is 0 Å². The van der Waals surface area contributed by atoms with E-state index in [1.54, 1.807) is 6.08 Å². The number of ether oxygens (including phenoxy) is 1. The van der Waals surface area contributed by atoms with E-state index in [9.17, 15) is 4.79 Å². The molecule has 1 heterocycles. The molecule has 1 aliphatic heterocycles. The van der Waals surface area contributed by atoms with E-state index < -0.39 is 0 Å². The highest BCUT2D eigenvalue weighted by molar-refractivity contribution is 5.87. The van der Waals surface area contributed by atoms with Crippen molar-refractivity contribution in [2.75, 3.05) is 26.2 Å². The van der Waals surface area contributed by atoms with Gasteiger partial charge in [-0.15, -0.1) is 0 Å². The van der Waals surface area contributed by atoms with Crippen molar-refractivity contribution in [3.05, 3.63) is 82.9 Å². The molecule has 3 nitrogen and oxygen atoms in total. The van der Waals surface area contributed by atoms with Gasteiger partial charge < -0.3 is 4.74 Å². The van der Waals surface area contributed by atoms with E-state index in [2.05, 4.69) is 54.3 Å². The Morgan fingerprint density at radius 1 is 1.00 bits per heavy atom. The summed E-state index contributed by atoms with van der Waals surface area (Å²) in [5.74, 6) is -0.308. The third-order valence-corrected chi connectivity index (χ3v) is 5.04. The van der Waals surface area contributed by atoms with Gasteiger partial charge in [0, 0.05) is 12.6 Å². The van der Waals surface area contributed by atoms with Crippen LogP contribution in [0.25, 0.3) is 11.6 Å². The first kappa shape index (κ1) is 20.1. The molecular formula is C25H29NO2. The average molecular weight is 376 g/mol. The quantitative estimate of drug-likeness (QED) is 0.498. The number of likely N-dealkylation sites (tertiary alicyclic amines) is 1. The van der Waals surface area contributed by atoms with Gasteiger partial charge >= 0.3 is 5.97 Å². The van der Waals surface area contributed by atoms with Gasteiger partial charge in [0.1, 0.15) is 0 Å². The smallest absolute Gasteiger partial charge is 0.330 e. The number of rotatable bonds is 7. The Labute approximate surface area is 168 Å². The van der Waals surface area contributed by atoms with Crippen molar-refractivity contribution in [1.29, 1.82) is 0 Å². The van der Waals surface area contributed by atoms with Crippen LogP contribution >= 0.6 is 0 Å². The first-order valence-electron chi connectivity index (χ1n) is 10.1. The lowest BCUT2D eigenvalue weighted by molar-refractivity contribution is -0.137. The number of carbonyl (C=O) groups excluding carboxylic acids is 1. The number of benzene rings is 2. The van der Waals surface area contributed by atoms with E-state index >= 15 is 0 Å². The number of esters is 1. The fourth-order valence-electron chi connectivity index (χ4n) is 3.45. The number of carbonyl (C=O) groups is 1. The molecule has 1 fully saturated rings. The van der Waals surface area contributed by atoms with Crippen molar-refractivity contribution in [3.8, 4) is 0 Å². The van der Waals surface area contributed by atoms with Crippen molar-refractivity contribution in [2.45, 2.75) is 26.7 Å². The number of aryl methyl sites for hydroxylation is 1. The molecule has 0 aromatic heterocycles. The summed E-state index contributed by atoms with van der Waals surface area (Å²) < 4.78 is 4.93. The largest absolute Gasteiger partial charge is 0.463 e. The highest BCUT2D eigenvalue weighted by atomic mass is 16.5. The van der Waals surface area contributed by atoms with Crippen molar-refractivity contribution in [1.82, 2.24) is 4.90 Å². The molecule has 146 valence electrons. The first-order chi connectivity index (χ1) is 13.7. The predicted octanol–water partition coefficient (Wildman–Crippen LogP) is 5.10. The van der Waals surface area contributed by atoms with E-state index in [1.165, 1.54) is 54.3 Å². The Bertz CT molecular complexity index is 826. The molecule has 2 aromatic carbocycles. The molecule has 0 aliphatic carbocycles. The number of hydrogen-bond donors (Lipinski definition) is 0. The molecule has 28 heavy (non-hydrogen) atoms. The molecule has 0 bridgehead atoms. The van der Waals surface area contributed by atoms with Crippen molar-refractivity contribution >= 4 is 17.6 Å². The Morgan fingerprint density at radius 3 is 2.21 bits per heavy atom. The maximum atomic E-state index is 11.5. The summed E-state index contributed by atoms with van der Waals surface area (Å²) >= 11 is 0. The molecule has 0 atom stereocenters. The Kier molecular flexibility index (Phi) is 7.21. The standard InChI is InChI=1S/C25H29NO2/c1-3-28-25(27)15-10-21-8-13-23(14-9-21)24(16-19-26-17-4-5-18-26)22-11-6-20(2)7-12-22/h6-16H,3-5,17-19H2,1-2H3. The van der Waals surface area contributed by atoms with Crippen LogP contribution < -0.4 is 0 Å². The minimum atomic E-state index is -0.308.